The predicted octanol–water partition coefficient (Wildman–Crippen LogP) is 3.55. The van der Waals surface area contributed by atoms with Crippen molar-refractivity contribution < 1.29 is 14.3 Å². The van der Waals surface area contributed by atoms with Crippen LogP contribution < -0.4 is 5.56 Å². The molecule has 0 spiro atoms. The summed E-state index contributed by atoms with van der Waals surface area (Å²) < 4.78 is 12.0. The molecule has 3 rings (SSSR count). The highest BCUT2D eigenvalue weighted by Crippen LogP contribution is 2.25. The Bertz CT molecular complexity index is 1030. The smallest absolute Gasteiger partial charge is 0.339 e. The van der Waals surface area contributed by atoms with Crippen molar-refractivity contribution >= 4 is 28.6 Å². The lowest BCUT2D eigenvalue weighted by Crippen LogP contribution is -2.24. The third-order valence-electron chi connectivity index (χ3n) is 4.14. The second-order valence-electron chi connectivity index (χ2n) is 6.13. The first-order valence-corrected chi connectivity index (χ1v) is 10.3. The van der Waals surface area contributed by atoms with Gasteiger partial charge in [0.15, 0.2) is 5.16 Å². The van der Waals surface area contributed by atoms with Crippen molar-refractivity contribution in [1.29, 1.82) is 0 Å². The predicted molar refractivity (Wildman–Crippen MR) is 111 cm³/mol. The van der Waals surface area contributed by atoms with Gasteiger partial charge >= 0.3 is 5.97 Å². The van der Waals surface area contributed by atoms with E-state index < -0.39 is 5.97 Å². The summed E-state index contributed by atoms with van der Waals surface area (Å²) in [6.45, 7) is 5.72. The number of carbonyl (C=O) groups is 1. The number of benzene rings is 1. The van der Waals surface area contributed by atoms with E-state index in [0.717, 1.165) is 0 Å². The molecular formula is C21H23N3O4S. The molecule has 0 fully saturated rings. The number of esters is 1. The van der Waals surface area contributed by atoms with Crippen molar-refractivity contribution in [3.8, 4) is 0 Å². The Balaban J connectivity index is 1.90. The van der Waals surface area contributed by atoms with Crippen LogP contribution in [0.15, 0.2) is 57.6 Å². The molecule has 0 aliphatic carbocycles. The summed E-state index contributed by atoms with van der Waals surface area (Å²) in [5.74, 6) is -0.409. The zero-order valence-electron chi connectivity index (χ0n) is 16.5. The molecule has 29 heavy (non-hydrogen) atoms. The van der Waals surface area contributed by atoms with Crippen LogP contribution in [0.1, 0.15) is 30.6 Å². The summed E-state index contributed by atoms with van der Waals surface area (Å²) in [4.78, 5) is 33.8. The minimum atomic E-state index is -0.409. The topological polar surface area (TPSA) is 83.3 Å². The molecule has 0 saturated heterocycles. The van der Waals surface area contributed by atoms with Crippen LogP contribution in [0.25, 0.3) is 10.9 Å². The van der Waals surface area contributed by atoms with Crippen molar-refractivity contribution in [3.63, 3.8) is 0 Å². The van der Waals surface area contributed by atoms with E-state index in [1.807, 2.05) is 25.1 Å². The van der Waals surface area contributed by atoms with E-state index in [-0.39, 0.29) is 5.56 Å². The van der Waals surface area contributed by atoms with E-state index in [1.165, 1.54) is 18.0 Å². The molecule has 152 valence electrons. The maximum atomic E-state index is 13.0. The van der Waals surface area contributed by atoms with Gasteiger partial charge in [-0.1, -0.05) is 12.1 Å². The molecule has 1 aromatic carbocycles. The molecule has 0 aliphatic heterocycles. The van der Waals surface area contributed by atoms with Gasteiger partial charge in [-0.05, 0) is 56.3 Å². The summed E-state index contributed by atoms with van der Waals surface area (Å²) >= 11 is 1.29. The van der Waals surface area contributed by atoms with Gasteiger partial charge in [0.05, 0.1) is 23.1 Å². The van der Waals surface area contributed by atoms with E-state index in [0.29, 0.717) is 59.4 Å². The van der Waals surface area contributed by atoms with Gasteiger partial charge in [-0.25, -0.2) is 14.8 Å². The number of aromatic nitrogens is 3. The maximum absolute atomic E-state index is 13.0. The summed E-state index contributed by atoms with van der Waals surface area (Å²) in [5, 5.41) is 1.78. The Kier molecular flexibility index (Phi) is 7.37. The Morgan fingerprint density at radius 3 is 2.69 bits per heavy atom. The van der Waals surface area contributed by atoms with Crippen LogP contribution in [-0.2, 0) is 16.0 Å². The Morgan fingerprint density at radius 1 is 1.14 bits per heavy atom. The normalized spacial score (nSPS) is 11.0. The summed E-state index contributed by atoms with van der Waals surface area (Å²) in [5.41, 5.74) is 0.943. The Morgan fingerprint density at radius 2 is 1.97 bits per heavy atom. The van der Waals surface area contributed by atoms with Crippen molar-refractivity contribution in [2.75, 3.05) is 19.8 Å². The minimum absolute atomic E-state index is 0.0854. The molecule has 2 heterocycles. The van der Waals surface area contributed by atoms with Gasteiger partial charge in [-0.3, -0.25) is 9.36 Å². The van der Waals surface area contributed by atoms with E-state index in [2.05, 4.69) is 9.97 Å². The number of rotatable bonds is 9. The lowest BCUT2D eigenvalue weighted by molar-refractivity contribution is 0.0525. The quantitative estimate of drug-likeness (QED) is 0.301. The lowest BCUT2D eigenvalue weighted by atomic mass is 10.2. The van der Waals surface area contributed by atoms with Gasteiger partial charge in [0, 0.05) is 26.0 Å². The zero-order chi connectivity index (χ0) is 20.6. The molecule has 0 amide bonds. The number of fused-ring (bicyclic) bond motifs is 1. The van der Waals surface area contributed by atoms with Crippen molar-refractivity contribution in [1.82, 2.24) is 14.5 Å². The highest BCUT2D eigenvalue weighted by Gasteiger charge is 2.14. The van der Waals surface area contributed by atoms with Gasteiger partial charge < -0.3 is 9.47 Å². The SMILES string of the molecule is CCOCCCn1c(Sc2ccc(C(=O)OCC)cn2)nc2ccccc2c1=O. The highest BCUT2D eigenvalue weighted by atomic mass is 32.2. The Hall–Kier alpha value is -2.71. The van der Waals surface area contributed by atoms with Gasteiger partial charge in [-0.2, -0.15) is 0 Å². The zero-order valence-corrected chi connectivity index (χ0v) is 17.3. The lowest BCUT2D eigenvalue weighted by Gasteiger charge is -2.13. The fraction of sp³-hybridized carbons (Fsp3) is 0.333. The number of carbonyl (C=O) groups excluding carboxylic acids is 1. The van der Waals surface area contributed by atoms with Gasteiger partial charge in [-0.15, -0.1) is 0 Å². The van der Waals surface area contributed by atoms with E-state index in [1.54, 1.807) is 29.7 Å². The molecule has 3 aromatic rings. The van der Waals surface area contributed by atoms with Crippen LogP contribution in [0.4, 0.5) is 0 Å². The fourth-order valence-electron chi connectivity index (χ4n) is 2.76. The first kappa shape index (κ1) is 21.0. The summed E-state index contributed by atoms with van der Waals surface area (Å²) in [7, 11) is 0. The summed E-state index contributed by atoms with van der Waals surface area (Å²) in [6, 6.07) is 10.7. The van der Waals surface area contributed by atoms with Crippen LogP contribution in [-0.4, -0.2) is 40.3 Å². The minimum Gasteiger partial charge on any atom is -0.462 e. The van der Waals surface area contributed by atoms with Crippen LogP contribution in [0.3, 0.4) is 0 Å². The standard InChI is InChI=1S/C21H23N3O4S/c1-3-27-13-7-12-24-19(25)16-8-5-6-9-17(16)23-21(24)29-18-11-10-15(14-22-18)20(26)28-4-2/h5-6,8-11,14H,3-4,7,12-13H2,1-2H3. The number of nitrogens with zero attached hydrogens (tertiary/aromatic N) is 3. The number of pyridine rings is 1. The van der Waals surface area contributed by atoms with Crippen molar-refractivity contribution in [3.05, 3.63) is 58.5 Å². The van der Waals surface area contributed by atoms with Crippen LogP contribution in [0.5, 0.6) is 0 Å². The van der Waals surface area contributed by atoms with Crippen LogP contribution in [0, 0.1) is 0 Å². The molecule has 0 saturated carbocycles. The largest absolute Gasteiger partial charge is 0.462 e. The van der Waals surface area contributed by atoms with Crippen LogP contribution in [0.2, 0.25) is 0 Å². The van der Waals surface area contributed by atoms with Crippen molar-refractivity contribution in [2.45, 2.75) is 37.0 Å². The first-order valence-electron chi connectivity index (χ1n) is 9.52. The van der Waals surface area contributed by atoms with E-state index >= 15 is 0 Å². The first-order chi connectivity index (χ1) is 14.1. The van der Waals surface area contributed by atoms with Crippen LogP contribution >= 0.6 is 11.8 Å². The molecule has 0 atom stereocenters. The highest BCUT2D eigenvalue weighted by molar-refractivity contribution is 7.99. The molecule has 7 nitrogen and oxygen atoms in total. The molecule has 2 aromatic heterocycles. The van der Waals surface area contributed by atoms with Gasteiger partial charge in [0.25, 0.3) is 5.56 Å². The molecule has 0 bridgehead atoms. The second kappa shape index (κ2) is 10.2. The monoisotopic (exact) mass is 413 g/mol. The van der Waals surface area contributed by atoms with E-state index in [9.17, 15) is 9.59 Å². The summed E-state index contributed by atoms with van der Waals surface area (Å²) in [6.07, 6.45) is 2.18. The van der Waals surface area contributed by atoms with E-state index in [4.69, 9.17) is 9.47 Å². The molecular weight excluding hydrogens is 390 g/mol. The average molecular weight is 413 g/mol. The maximum Gasteiger partial charge on any atom is 0.339 e. The fourth-order valence-corrected chi connectivity index (χ4v) is 3.62. The third-order valence-corrected chi connectivity index (χ3v) is 5.09. The second-order valence-corrected chi connectivity index (χ2v) is 7.11. The number of ether oxygens (including phenoxy) is 2. The number of para-hydroxylation sites is 1. The van der Waals surface area contributed by atoms with Gasteiger partial charge in [0.1, 0.15) is 5.03 Å². The Labute approximate surface area is 173 Å². The molecule has 0 unspecified atom stereocenters. The third kappa shape index (κ3) is 5.21. The van der Waals surface area contributed by atoms with Crippen molar-refractivity contribution in [2.24, 2.45) is 0 Å². The molecule has 0 aliphatic rings. The number of hydrogen-bond acceptors (Lipinski definition) is 7. The number of hydrogen-bond donors (Lipinski definition) is 0. The molecule has 8 heteroatoms. The average Bonchev–Trinajstić information content (AvgIpc) is 2.74. The molecule has 0 N–H and O–H groups in total. The van der Waals surface area contributed by atoms with Gasteiger partial charge in [0.2, 0.25) is 0 Å². The molecule has 0 radical (unpaired) electrons.